The number of ether oxygens (including phenoxy) is 1. The van der Waals surface area contributed by atoms with E-state index in [2.05, 4.69) is 0 Å². The van der Waals surface area contributed by atoms with Gasteiger partial charge >= 0.3 is 5.97 Å². The first-order chi connectivity index (χ1) is 9.49. The van der Waals surface area contributed by atoms with E-state index >= 15 is 0 Å². The van der Waals surface area contributed by atoms with E-state index in [1.165, 1.54) is 18.2 Å². The van der Waals surface area contributed by atoms with Gasteiger partial charge < -0.3 is 9.84 Å². The van der Waals surface area contributed by atoms with Crippen molar-refractivity contribution in [2.24, 2.45) is 0 Å². The van der Waals surface area contributed by atoms with Crippen molar-refractivity contribution >= 4 is 5.97 Å². The smallest absolute Gasteiger partial charge is 0.339 e. The number of para-hydroxylation sites is 1. The number of carboxylic acids is 1. The number of benzene rings is 2. The lowest BCUT2D eigenvalue weighted by Crippen LogP contribution is -2.05. The highest BCUT2D eigenvalue weighted by atomic mass is 19.1. The van der Waals surface area contributed by atoms with Gasteiger partial charge in [-0.25, -0.2) is 9.18 Å². The van der Waals surface area contributed by atoms with Gasteiger partial charge in [-0.1, -0.05) is 18.2 Å². The van der Waals surface area contributed by atoms with Gasteiger partial charge in [-0.05, 0) is 48.7 Å². The molecule has 0 aliphatic rings. The lowest BCUT2D eigenvalue weighted by molar-refractivity contribution is 0.0691. The number of halogens is 1. The molecule has 0 atom stereocenters. The van der Waals surface area contributed by atoms with Crippen molar-refractivity contribution in [1.29, 1.82) is 0 Å². The van der Waals surface area contributed by atoms with Crippen molar-refractivity contribution in [3.05, 3.63) is 64.5 Å². The Balaban J connectivity index is 2.25. The zero-order valence-corrected chi connectivity index (χ0v) is 11.3. The van der Waals surface area contributed by atoms with Gasteiger partial charge in [0.1, 0.15) is 23.7 Å². The highest BCUT2D eigenvalue weighted by Gasteiger charge is 2.13. The van der Waals surface area contributed by atoms with Crippen molar-refractivity contribution in [2.45, 2.75) is 20.5 Å². The molecule has 2 rings (SSSR count). The van der Waals surface area contributed by atoms with Gasteiger partial charge in [-0.15, -0.1) is 0 Å². The largest absolute Gasteiger partial charge is 0.488 e. The average Bonchev–Trinajstić information content (AvgIpc) is 2.38. The van der Waals surface area contributed by atoms with E-state index in [0.29, 0.717) is 5.75 Å². The molecule has 0 saturated carbocycles. The maximum Gasteiger partial charge on any atom is 0.339 e. The third kappa shape index (κ3) is 2.96. The van der Waals surface area contributed by atoms with Gasteiger partial charge in [0.05, 0.1) is 0 Å². The molecule has 0 saturated heterocycles. The molecule has 0 unspecified atom stereocenters. The summed E-state index contributed by atoms with van der Waals surface area (Å²) in [5, 5.41) is 9.15. The lowest BCUT2D eigenvalue weighted by Gasteiger charge is -2.13. The highest BCUT2D eigenvalue weighted by molar-refractivity contribution is 5.91. The number of hydrogen-bond donors (Lipinski definition) is 1. The lowest BCUT2D eigenvalue weighted by atomic mass is 10.1. The van der Waals surface area contributed by atoms with Crippen LogP contribution in [0.4, 0.5) is 4.39 Å². The van der Waals surface area contributed by atoms with E-state index in [1.807, 2.05) is 0 Å². The second kappa shape index (κ2) is 5.74. The molecule has 0 bridgehead atoms. The molecule has 20 heavy (non-hydrogen) atoms. The summed E-state index contributed by atoms with van der Waals surface area (Å²) < 4.78 is 18.7. The van der Waals surface area contributed by atoms with Crippen molar-refractivity contribution in [1.82, 2.24) is 0 Å². The third-order valence-electron chi connectivity index (χ3n) is 3.12. The first kappa shape index (κ1) is 14.1. The first-order valence-electron chi connectivity index (χ1n) is 6.20. The second-order valence-electron chi connectivity index (χ2n) is 4.62. The van der Waals surface area contributed by atoms with E-state index in [-0.39, 0.29) is 18.0 Å². The quantitative estimate of drug-likeness (QED) is 0.924. The van der Waals surface area contributed by atoms with Crippen LogP contribution in [0.3, 0.4) is 0 Å². The van der Waals surface area contributed by atoms with Crippen LogP contribution in [0, 0.1) is 19.7 Å². The number of aromatic carboxylic acids is 1. The summed E-state index contributed by atoms with van der Waals surface area (Å²) in [7, 11) is 0. The fourth-order valence-electron chi connectivity index (χ4n) is 1.98. The van der Waals surface area contributed by atoms with Crippen LogP contribution in [0.2, 0.25) is 0 Å². The molecule has 0 radical (unpaired) electrons. The predicted molar refractivity (Wildman–Crippen MR) is 73.6 cm³/mol. The fourth-order valence-corrected chi connectivity index (χ4v) is 1.98. The number of carboxylic acid groups (broad SMARTS) is 1. The first-order valence-corrected chi connectivity index (χ1v) is 6.20. The Morgan fingerprint density at radius 2 is 1.95 bits per heavy atom. The van der Waals surface area contributed by atoms with E-state index in [0.717, 1.165) is 16.7 Å². The average molecular weight is 274 g/mol. The van der Waals surface area contributed by atoms with E-state index in [4.69, 9.17) is 9.84 Å². The van der Waals surface area contributed by atoms with Crippen LogP contribution in [0.15, 0.2) is 36.4 Å². The molecule has 0 aliphatic carbocycles. The van der Waals surface area contributed by atoms with E-state index in [1.54, 1.807) is 32.0 Å². The van der Waals surface area contributed by atoms with Crippen LogP contribution < -0.4 is 4.74 Å². The summed E-state index contributed by atoms with van der Waals surface area (Å²) in [5.41, 5.74) is 2.48. The summed E-state index contributed by atoms with van der Waals surface area (Å²) in [6, 6.07) is 9.40. The SMILES string of the molecule is Cc1cc(F)ccc1COc1c(C)cccc1C(=O)O. The topological polar surface area (TPSA) is 46.5 Å². The molecule has 0 spiro atoms. The minimum Gasteiger partial charge on any atom is -0.488 e. The molecule has 0 fully saturated rings. The predicted octanol–water partition coefficient (Wildman–Crippen LogP) is 3.72. The van der Waals surface area contributed by atoms with Crippen LogP contribution in [0.5, 0.6) is 5.75 Å². The Labute approximate surface area is 116 Å². The molecule has 104 valence electrons. The molecule has 3 nitrogen and oxygen atoms in total. The number of hydrogen-bond acceptors (Lipinski definition) is 2. The van der Waals surface area contributed by atoms with Crippen molar-refractivity contribution in [2.75, 3.05) is 0 Å². The second-order valence-corrected chi connectivity index (χ2v) is 4.62. The fraction of sp³-hybridized carbons (Fsp3) is 0.188. The van der Waals surface area contributed by atoms with Crippen molar-refractivity contribution < 1.29 is 19.0 Å². The minimum absolute atomic E-state index is 0.129. The van der Waals surface area contributed by atoms with Gasteiger partial charge in [0.2, 0.25) is 0 Å². The molecule has 0 aromatic heterocycles. The Morgan fingerprint density at radius 1 is 1.20 bits per heavy atom. The van der Waals surface area contributed by atoms with E-state index in [9.17, 15) is 9.18 Å². The molecular weight excluding hydrogens is 259 g/mol. The molecule has 0 aliphatic heterocycles. The summed E-state index contributed by atoms with van der Waals surface area (Å²) in [6.45, 7) is 3.79. The minimum atomic E-state index is -1.03. The van der Waals surface area contributed by atoms with Gasteiger partial charge in [0.15, 0.2) is 0 Å². The summed E-state index contributed by atoms with van der Waals surface area (Å²) >= 11 is 0. The van der Waals surface area contributed by atoms with E-state index < -0.39 is 5.97 Å². The van der Waals surface area contributed by atoms with Crippen molar-refractivity contribution in [3.63, 3.8) is 0 Å². The van der Waals surface area contributed by atoms with Crippen LogP contribution in [-0.4, -0.2) is 11.1 Å². The van der Waals surface area contributed by atoms with Crippen LogP contribution in [0.1, 0.15) is 27.0 Å². The van der Waals surface area contributed by atoms with Gasteiger partial charge in [0.25, 0.3) is 0 Å². The Morgan fingerprint density at radius 3 is 2.60 bits per heavy atom. The Hall–Kier alpha value is -2.36. The summed E-state index contributed by atoms with van der Waals surface area (Å²) in [6.07, 6.45) is 0. The maximum absolute atomic E-state index is 13.0. The molecule has 0 amide bonds. The summed E-state index contributed by atoms with van der Waals surface area (Å²) in [4.78, 5) is 11.2. The summed E-state index contributed by atoms with van der Waals surface area (Å²) in [5.74, 6) is -0.975. The highest BCUT2D eigenvalue weighted by Crippen LogP contribution is 2.25. The van der Waals surface area contributed by atoms with Crippen molar-refractivity contribution in [3.8, 4) is 5.75 Å². The van der Waals surface area contributed by atoms with Gasteiger partial charge in [-0.3, -0.25) is 0 Å². The third-order valence-corrected chi connectivity index (χ3v) is 3.12. The molecule has 2 aromatic rings. The number of aryl methyl sites for hydroxylation is 2. The normalized spacial score (nSPS) is 10.3. The molecule has 0 heterocycles. The zero-order chi connectivity index (χ0) is 14.7. The Kier molecular flexibility index (Phi) is 4.03. The molecule has 1 N–H and O–H groups in total. The van der Waals surface area contributed by atoms with Gasteiger partial charge in [-0.2, -0.15) is 0 Å². The zero-order valence-electron chi connectivity index (χ0n) is 11.3. The standard InChI is InChI=1S/C16H15FO3/c1-10-4-3-5-14(16(18)19)15(10)20-9-12-6-7-13(17)8-11(12)2/h3-8H,9H2,1-2H3,(H,18,19). The van der Waals surface area contributed by atoms with Crippen LogP contribution in [0.25, 0.3) is 0 Å². The number of rotatable bonds is 4. The molecule has 4 heteroatoms. The molecule has 2 aromatic carbocycles. The maximum atomic E-state index is 13.0. The molecular formula is C16H15FO3. The monoisotopic (exact) mass is 274 g/mol. The van der Waals surface area contributed by atoms with Crippen LogP contribution in [-0.2, 0) is 6.61 Å². The number of carbonyl (C=O) groups is 1. The van der Waals surface area contributed by atoms with Crippen LogP contribution >= 0.6 is 0 Å². The van der Waals surface area contributed by atoms with Gasteiger partial charge in [0, 0.05) is 0 Å². The Bertz CT molecular complexity index is 650.